The minimum atomic E-state index is -0.133. The fourth-order valence-corrected chi connectivity index (χ4v) is 3.18. The molecule has 1 aliphatic rings. The molecule has 23 heavy (non-hydrogen) atoms. The van der Waals surface area contributed by atoms with Crippen molar-refractivity contribution in [2.45, 2.75) is 12.6 Å². The summed E-state index contributed by atoms with van der Waals surface area (Å²) >= 11 is 12.2. The molecule has 1 aliphatic heterocycles. The molecule has 4 nitrogen and oxygen atoms in total. The summed E-state index contributed by atoms with van der Waals surface area (Å²) in [4.78, 5) is 12.0. The van der Waals surface area contributed by atoms with E-state index in [1.54, 1.807) is 29.0 Å². The molecule has 1 saturated heterocycles. The second-order valence-corrected chi connectivity index (χ2v) is 6.43. The van der Waals surface area contributed by atoms with E-state index in [0.717, 1.165) is 18.7 Å². The number of rotatable bonds is 3. The average Bonchev–Trinajstić information content (AvgIpc) is 2.78. The van der Waals surface area contributed by atoms with Gasteiger partial charge in [0, 0.05) is 37.8 Å². The molecular weight excluding hydrogens is 335 g/mol. The minimum Gasteiger partial charge on any atom is -0.372 e. The standard InChI is InChI=1S/C17H18Cl2N2O2/c18-14-5-4-12(9-15(14)19)17-13(10-20-6-8-23-17)11-21-7-2-1-3-16(21)22/h1-5,7,9,13,17,20H,6,8,10-11H2/t13-,17?/m0/s1. The van der Waals surface area contributed by atoms with E-state index >= 15 is 0 Å². The lowest BCUT2D eigenvalue weighted by Crippen LogP contribution is -2.31. The van der Waals surface area contributed by atoms with E-state index < -0.39 is 0 Å². The Morgan fingerprint density at radius 2 is 2.09 bits per heavy atom. The third kappa shape index (κ3) is 3.96. The van der Waals surface area contributed by atoms with Gasteiger partial charge >= 0.3 is 0 Å². The highest BCUT2D eigenvalue weighted by atomic mass is 35.5. The molecule has 0 radical (unpaired) electrons. The first-order valence-electron chi connectivity index (χ1n) is 7.58. The fraction of sp³-hybridized carbons (Fsp3) is 0.353. The molecule has 0 spiro atoms. The molecule has 0 aliphatic carbocycles. The summed E-state index contributed by atoms with van der Waals surface area (Å²) in [5.74, 6) is 0.120. The van der Waals surface area contributed by atoms with Gasteiger partial charge in [-0.1, -0.05) is 35.3 Å². The molecule has 1 aromatic heterocycles. The molecule has 2 atom stereocenters. The van der Waals surface area contributed by atoms with Crippen LogP contribution in [0.2, 0.25) is 10.0 Å². The minimum absolute atomic E-state index is 0.00960. The van der Waals surface area contributed by atoms with Crippen LogP contribution in [0.1, 0.15) is 11.7 Å². The van der Waals surface area contributed by atoms with Crippen molar-refractivity contribution in [3.8, 4) is 0 Å². The van der Waals surface area contributed by atoms with E-state index in [1.165, 1.54) is 0 Å². The topological polar surface area (TPSA) is 43.3 Å². The first-order chi connectivity index (χ1) is 11.1. The number of ether oxygens (including phenoxy) is 1. The number of benzene rings is 1. The fourth-order valence-electron chi connectivity index (χ4n) is 2.87. The van der Waals surface area contributed by atoms with Crippen molar-refractivity contribution in [3.05, 3.63) is 68.6 Å². The largest absolute Gasteiger partial charge is 0.372 e. The molecule has 2 heterocycles. The number of aromatic nitrogens is 1. The van der Waals surface area contributed by atoms with E-state index in [0.29, 0.717) is 23.2 Å². The Hall–Kier alpha value is -1.33. The maximum absolute atomic E-state index is 12.0. The predicted octanol–water partition coefficient (Wildman–Crippen LogP) is 3.13. The monoisotopic (exact) mass is 352 g/mol. The van der Waals surface area contributed by atoms with Gasteiger partial charge in [0.25, 0.3) is 5.56 Å². The van der Waals surface area contributed by atoms with Crippen molar-refractivity contribution in [2.24, 2.45) is 5.92 Å². The van der Waals surface area contributed by atoms with Crippen LogP contribution in [-0.4, -0.2) is 24.3 Å². The molecule has 1 N–H and O–H groups in total. The van der Waals surface area contributed by atoms with Gasteiger partial charge in [-0.2, -0.15) is 0 Å². The molecule has 2 aromatic rings. The lowest BCUT2D eigenvalue weighted by molar-refractivity contribution is 0.0251. The highest BCUT2D eigenvalue weighted by molar-refractivity contribution is 6.42. The van der Waals surface area contributed by atoms with Gasteiger partial charge < -0.3 is 14.6 Å². The summed E-state index contributed by atoms with van der Waals surface area (Å²) in [5.41, 5.74) is 0.974. The second kappa shape index (κ2) is 7.49. The normalized spacial score (nSPS) is 21.8. The summed E-state index contributed by atoms with van der Waals surface area (Å²) in [5, 5.41) is 4.40. The third-order valence-electron chi connectivity index (χ3n) is 4.01. The van der Waals surface area contributed by atoms with Crippen molar-refractivity contribution in [3.63, 3.8) is 0 Å². The van der Waals surface area contributed by atoms with E-state index in [2.05, 4.69) is 5.32 Å². The van der Waals surface area contributed by atoms with Crippen LogP contribution in [0.4, 0.5) is 0 Å². The highest BCUT2D eigenvalue weighted by Crippen LogP contribution is 2.32. The zero-order chi connectivity index (χ0) is 16.2. The molecule has 0 amide bonds. The Bertz CT molecular complexity index is 733. The summed E-state index contributed by atoms with van der Waals surface area (Å²) in [7, 11) is 0. The summed E-state index contributed by atoms with van der Waals surface area (Å²) in [6, 6.07) is 10.7. The van der Waals surface area contributed by atoms with Crippen LogP contribution < -0.4 is 10.9 Å². The molecule has 0 saturated carbocycles. The van der Waals surface area contributed by atoms with Gasteiger partial charge in [0.1, 0.15) is 0 Å². The predicted molar refractivity (Wildman–Crippen MR) is 92.2 cm³/mol. The third-order valence-corrected chi connectivity index (χ3v) is 4.75. The first-order valence-corrected chi connectivity index (χ1v) is 8.33. The number of nitrogens with one attached hydrogen (secondary N) is 1. The Labute approximate surface area is 145 Å². The van der Waals surface area contributed by atoms with E-state index in [-0.39, 0.29) is 17.6 Å². The van der Waals surface area contributed by atoms with Gasteiger partial charge in [-0.05, 0) is 23.8 Å². The van der Waals surface area contributed by atoms with Gasteiger partial charge in [-0.25, -0.2) is 0 Å². The Morgan fingerprint density at radius 3 is 2.87 bits per heavy atom. The smallest absolute Gasteiger partial charge is 0.250 e. The molecule has 6 heteroatoms. The van der Waals surface area contributed by atoms with Gasteiger partial charge in [0.15, 0.2) is 0 Å². The molecule has 1 fully saturated rings. The van der Waals surface area contributed by atoms with Crippen molar-refractivity contribution in [1.29, 1.82) is 0 Å². The van der Waals surface area contributed by atoms with Crippen molar-refractivity contribution < 1.29 is 4.74 Å². The number of pyridine rings is 1. The SMILES string of the molecule is O=c1ccccn1C[C@@H]1CNCCOC1c1ccc(Cl)c(Cl)c1. The first kappa shape index (κ1) is 16.5. The van der Waals surface area contributed by atoms with Gasteiger partial charge in [0.2, 0.25) is 0 Å². The summed E-state index contributed by atoms with van der Waals surface area (Å²) in [6.45, 7) is 2.76. The number of hydrogen-bond acceptors (Lipinski definition) is 3. The summed E-state index contributed by atoms with van der Waals surface area (Å²) in [6.07, 6.45) is 1.67. The van der Waals surface area contributed by atoms with Gasteiger partial charge in [0.05, 0.1) is 22.8 Å². The highest BCUT2D eigenvalue weighted by Gasteiger charge is 2.27. The van der Waals surface area contributed by atoms with Gasteiger partial charge in [-0.15, -0.1) is 0 Å². The lowest BCUT2D eigenvalue weighted by atomic mass is 9.95. The van der Waals surface area contributed by atoms with Crippen LogP contribution in [0.5, 0.6) is 0 Å². The quantitative estimate of drug-likeness (QED) is 0.922. The zero-order valence-electron chi connectivity index (χ0n) is 12.5. The van der Waals surface area contributed by atoms with Crippen LogP contribution >= 0.6 is 23.2 Å². The Morgan fingerprint density at radius 1 is 1.22 bits per heavy atom. The van der Waals surface area contributed by atoms with Crippen molar-refractivity contribution in [2.75, 3.05) is 19.7 Å². The van der Waals surface area contributed by atoms with E-state index in [1.807, 2.05) is 18.2 Å². The van der Waals surface area contributed by atoms with Crippen LogP contribution in [0.3, 0.4) is 0 Å². The maximum atomic E-state index is 12.0. The molecule has 1 aromatic carbocycles. The Balaban J connectivity index is 1.89. The molecule has 3 rings (SSSR count). The molecule has 0 bridgehead atoms. The summed E-state index contributed by atoms with van der Waals surface area (Å²) < 4.78 is 7.74. The van der Waals surface area contributed by atoms with Crippen molar-refractivity contribution in [1.82, 2.24) is 9.88 Å². The molecular formula is C17H18Cl2N2O2. The van der Waals surface area contributed by atoms with Crippen molar-refractivity contribution >= 4 is 23.2 Å². The zero-order valence-corrected chi connectivity index (χ0v) is 14.1. The van der Waals surface area contributed by atoms with Crippen LogP contribution in [0.15, 0.2) is 47.4 Å². The van der Waals surface area contributed by atoms with Crippen LogP contribution in [0.25, 0.3) is 0 Å². The van der Waals surface area contributed by atoms with Gasteiger partial charge in [-0.3, -0.25) is 4.79 Å². The Kier molecular flexibility index (Phi) is 5.38. The van der Waals surface area contributed by atoms with Crippen LogP contribution in [0, 0.1) is 5.92 Å². The number of halogens is 2. The van der Waals surface area contributed by atoms with E-state index in [9.17, 15) is 4.79 Å². The number of nitrogens with zero attached hydrogens (tertiary/aromatic N) is 1. The lowest BCUT2D eigenvalue weighted by Gasteiger charge is -2.26. The average molecular weight is 353 g/mol. The second-order valence-electron chi connectivity index (χ2n) is 5.62. The molecule has 122 valence electrons. The maximum Gasteiger partial charge on any atom is 0.250 e. The van der Waals surface area contributed by atoms with Crippen LogP contribution in [-0.2, 0) is 11.3 Å². The van der Waals surface area contributed by atoms with E-state index in [4.69, 9.17) is 27.9 Å². The molecule has 1 unspecified atom stereocenters. The number of hydrogen-bond donors (Lipinski definition) is 1.